The zero-order valence-corrected chi connectivity index (χ0v) is 17.8. The van der Waals surface area contributed by atoms with Crippen molar-refractivity contribution in [1.29, 1.82) is 0 Å². The number of ether oxygens (including phenoxy) is 2. The number of morpholine rings is 1. The van der Waals surface area contributed by atoms with E-state index < -0.39 is 9.84 Å². The molecule has 0 radical (unpaired) electrons. The van der Waals surface area contributed by atoms with Crippen LogP contribution < -0.4 is 9.64 Å². The number of methoxy groups -OCH3 is 1. The quantitative estimate of drug-likeness (QED) is 0.623. The van der Waals surface area contributed by atoms with Gasteiger partial charge in [-0.25, -0.2) is 8.42 Å². The molecule has 0 saturated carbocycles. The Morgan fingerprint density at radius 1 is 1.14 bits per heavy atom. The fourth-order valence-electron chi connectivity index (χ4n) is 3.44. The van der Waals surface area contributed by atoms with E-state index in [1.165, 1.54) is 12.3 Å². The number of aromatic nitrogens is 1. The highest BCUT2D eigenvalue weighted by Crippen LogP contribution is 2.38. The average Bonchev–Trinajstić information content (AvgIpc) is 2.74. The van der Waals surface area contributed by atoms with Gasteiger partial charge in [-0.1, -0.05) is 17.7 Å². The van der Waals surface area contributed by atoms with Crippen LogP contribution in [0.1, 0.15) is 5.56 Å². The molecule has 4 rings (SSSR count). The summed E-state index contributed by atoms with van der Waals surface area (Å²) in [7, 11) is -2.26. The van der Waals surface area contributed by atoms with Gasteiger partial charge >= 0.3 is 0 Å². The van der Waals surface area contributed by atoms with E-state index in [9.17, 15) is 8.42 Å². The van der Waals surface area contributed by atoms with Crippen LogP contribution in [0.5, 0.6) is 5.75 Å². The van der Waals surface area contributed by atoms with Crippen molar-refractivity contribution in [3.05, 3.63) is 53.2 Å². The van der Waals surface area contributed by atoms with Crippen LogP contribution in [0.3, 0.4) is 0 Å². The van der Waals surface area contributed by atoms with Crippen LogP contribution in [0.25, 0.3) is 10.9 Å². The number of hydrogen-bond acceptors (Lipinski definition) is 6. The van der Waals surface area contributed by atoms with Gasteiger partial charge in [0, 0.05) is 29.7 Å². The van der Waals surface area contributed by atoms with E-state index in [0.29, 0.717) is 48.3 Å². The largest absolute Gasteiger partial charge is 0.497 e. The van der Waals surface area contributed by atoms with E-state index in [4.69, 9.17) is 21.1 Å². The number of halogens is 1. The van der Waals surface area contributed by atoms with Crippen molar-refractivity contribution in [2.24, 2.45) is 0 Å². The lowest BCUT2D eigenvalue weighted by atomic mass is 10.1. The maximum atomic E-state index is 13.6. The molecule has 1 aliphatic rings. The van der Waals surface area contributed by atoms with Crippen molar-refractivity contribution >= 4 is 38.0 Å². The average molecular weight is 433 g/mol. The van der Waals surface area contributed by atoms with Crippen molar-refractivity contribution in [2.45, 2.75) is 16.7 Å². The van der Waals surface area contributed by atoms with Gasteiger partial charge in [0.05, 0.1) is 36.4 Å². The summed E-state index contributed by atoms with van der Waals surface area (Å²) < 4.78 is 38.0. The highest BCUT2D eigenvalue weighted by molar-refractivity contribution is 7.91. The molecule has 152 valence electrons. The van der Waals surface area contributed by atoms with E-state index in [-0.39, 0.29) is 9.79 Å². The Hall–Kier alpha value is -2.35. The van der Waals surface area contributed by atoms with Gasteiger partial charge in [-0.15, -0.1) is 0 Å². The van der Waals surface area contributed by atoms with Crippen LogP contribution in [0.2, 0.25) is 5.02 Å². The maximum Gasteiger partial charge on any atom is 0.210 e. The smallest absolute Gasteiger partial charge is 0.210 e. The first-order valence-electron chi connectivity index (χ1n) is 9.22. The van der Waals surface area contributed by atoms with Gasteiger partial charge in [-0.05, 0) is 42.8 Å². The lowest BCUT2D eigenvalue weighted by Gasteiger charge is -2.31. The highest BCUT2D eigenvalue weighted by Gasteiger charge is 2.28. The van der Waals surface area contributed by atoms with Crippen LogP contribution in [0.4, 0.5) is 5.69 Å². The van der Waals surface area contributed by atoms with Gasteiger partial charge in [0.25, 0.3) is 0 Å². The predicted octanol–water partition coefficient (Wildman–Crippen LogP) is 3.87. The summed E-state index contributed by atoms with van der Waals surface area (Å²) in [6.45, 7) is 4.08. The van der Waals surface area contributed by atoms with Gasteiger partial charge in [-0.3, -0.25) is 4.98 Å². The van der Waals surface area contributed by atoms with E-state index in [1.807, 2.05) is 30.0 Å². The van der Waals surface area contributed by atoms with E-state index >= 15 is 0 Å². The van der Waals surface area contributed by atoms with Gasteiger partial charge < -0.3 is 14.4 Å². The molecule has 2 aromatic carbocycles. The zero-order chi connectivity index (χ0) is 20.6. The van der Waals surface area contributed by atoms with Gasteiger partial charge in [-0.2, -0.15) is 0 Å². The Morgan fingerprint density at radius 3 is 2.59 bits per heavy atom. The molecule has 0 unspecified atom stereocenters. The fourth-order valence-corrected chi connectivity index (χ4v) is 5.15. The monoisotopic (exact) mass is 432 g/mol. The Morgan fingerprint density at radius 2 is 1.90 bits per heavy atom. The molecule has 1 aromatic heterocycles. The minimum absolute atomic E-state index is 0.145. The molecule has 0 spiro atoms. The van der Waals surface area contributed by atoms with Crippen LogP contribution in [-0.4, -0.2) is 46.8 Å². The number of benzene rings is 2. The molecule has 0 aliphatic carbocycles. The summed E-state index contributed by atoms with van der Waals surface area (Å²) in [5, 5.41) is 1.14. The number of nitrogens with zero attached hydrogens (tertiary/aromatic N) is 2. The SMILES string of the molecule is COc1ccc2ncc(S(=O)(=O)c3ccc(C)c(Cl)c3)c(N3CCOCC3)c2c1. The van der Waals surface area contributed by atoms with Gasteiger partial charge in [0.2, 0.25) is 9.84 Å². The molecule has 6 nitrogen and oxygen atoms in total. The van der Waals surface area contributed by atoms with E-state index in [2.05, 4.69) is 4.98 Å². The predicted molar refractivity (Wildman–Crippen MR) is 113 cm³/mol. The van der Waals surface area contributed by atoms with Crippen LogP contribution in [0, 0.1) is 6.92 Å². The fraction of sp³-hybridized carbons (Fsp3) is 0.286. The molecule has 0 bridgehead atoms. The van der Waals surface area contributed by atoms with Crippen molar-refractivity contribution in [1.82, 2.24) is 4.98 Å². The molecular formula is C21H21ClN2O4S. The Kier molecular flexibility index (Phi) is 5.38. The summed E-state index contributed by atoms with van der Waals surface area (Å²) in [4.78, 5) is 6.75. The second-order valence-corrected chi connectivity index (χ2v) is 9.19. The Balaban J connectivity index is 1.98. The molecular weight excluding hydrogens is 412 g/mol. The first-order valence-corrected chi connectivity index (χ1v) is 11.1. The third kappa shape index (κ3) is 3.66. The molecule has 1 aliphatic heterocycles. The second-order valence-electron chi connectivity index (χ2n) is 6.87. The Bertz CT molecular complexity index is 1170. The lowest BCUT2D eigenvalue weighted by Crippen LogP contribution is -2.37. The topological polar surface area (TPSA) is 68.7 Å². The first kappa shape index (κ1) is 19.9. The van der Waals surface area contributed by atoms with Gasteiger partial charge in [0.15, 0.2) is 0 Å². The molecule has 29 heavy (non-hydrogen) atoms. The number of aryl methyl sites for hydroxylation is 1. The van der Waals surface area contributed by atoms with Crippen molar-refractivity contribution < 1.29 is 17.9 Å². The van der Waals surface area contributed by atoms with Crippen molar-refractivity contribution in [3.63, 3.8) is 0 Å². The number of rotatable bonds is 4. The van der Waals surface area contributed by atoms with Crippen molar-refractivity contribution in [2.75, 3.05) is 38.3 Å². The maximum absolute atomic E-state index is 13.6. The summed E-state index contributed by atoms with van der Waals surface area (Å²) in [6.07, 6.45) is 1.43. The third-order valence-electron chi connectivity index (χ3n) is 5.08. The van der Waals surface area contributed by atoms with Crippen molar-refractivity contribution in [3.8, 4) is 5.75 Å². The van der Waals surface area contributed by atoms with Crippen LogP contribution in [-0.2, 0) is 14.6 Å². The molecule has 0 amide bonds. The van der Waals surface area contributed by atoms with Gasteiger partial charge in [0.1, 0.15) is 10.6 Å². The number of fused-ring (bicyclic) bond motifs is 1. The number of sulfone groups is 1. The highest BCUT2D eigenvalue weighted by atomic mass is 35.5. The molecule has 0 atom stereocenters. The molecule has 2 heterocycles. The zero-order valence-electron chi connectivity index (χ0n) is 16.2. The molecule has 1 fully saturated rings. The summed E-state index contributed by atoms with van der Waals surface area (Å²) in [5.74, 6) is 0.640. The Labute approximate surface area is 174 Å². The standard InChI is InChI=1S/C21H21ClN2O4S/c1-14-3-5-16(12-18(14)22)29(25,26)20-13-23-19-6-4-15(27-2)11-17(19)21(20)24-7-9-28-10-8-24/h3-6,11-13H,7-10H2,1-2H3. The molecule has 1 saturated heterocycles. The normalized spacial score (nSPS) is 14.9. The summed E-state index contributed by atoms with van der Waals surface area (Å²) >= 11 is 6.21. The van der Waals surface area contributed by atoms with E-state index in [0.717, 1.165) is 10.9 Å². The molecule has 3 aromatic rings. The summed E-state index contributed by atoms with van der Waals surface area (Å²) in [5.41, 5.74) is 2.14. The molecule has 0 N–H and O–H groups in total. The number of hydrogen-bond donors (Lipinski definition) is 0. The molecule has 8 heteroatoms. The number of anilines is 1. The van der Waals surface area contributed by atoms with Crippen LogP contribution in [0.15, 0.2) is 52.4 Å². The third-order valence-corrected chi connectivity index (χ3v) is 7.24. The number of pyridine rings is 1. The second kappa shape index (κ2) is 7.82. The minimum Gasteiger partial charge on any atom is -0.497 e. The lowest BCUT2D eigenvalue weighted by molar-refractivity contribution is 0.122. The van der Waals surface area contributed by atoms with E-state index in [1.54, 1.807) is 19.2 Å². The summed E-state index contributed by atoms with van der Waals surface area (Å²) in [6, 6.07) is 10.2. The minimum atomic E-state index is -3.84. The first-order chi connectivity index (χ1) is 13.9. The van der Waals surface area contributed by atoms with Crippen LogP contribution >= 0.6 is 11.6 Å².